The minimum absolute atomic E-state index is 0.355. The molecule has 0 radical (unpaired) electrons. The maximum atomic E-state index is 9.68. The molecule has 0 spiro atoms. The highest BCUT2D eigenvalue weighted by Crippen LogP contribution is 2.37. The molecule has 0 saturated carbocycles. The first kappa shape index (κ1) is 6.62. The molecule has 2 heteroatoms. The molecular weight excluding hydrogens is 128 g/mol. The van der Waals surface area contributed by atoms with Crippen molar-refractivity contribution < 1.29 is 9.84 Å². The summed E-state index contributed by atoms with van der Waals surface area (Å²) in [6, 6.07) is 0. The summed E-state index contributed by atoms with van der Waals surface area (Å²) in [6.07, 6.45) is 4.69. The zero-order chi connectivity index (χ0) is 7.19. The van der Waals surface area contributed by atoms with Gasteiger partial charge in [0.05, 0.1) is 17.8 Å². The number of hydrogen-bond donors (Lipinski definition) is 1. The lowest BCUT2D eigenvalue weighted by Gasteiger charge is -2.33. The summed E-state index contributed by atoms with van der Waals surface area (Å²) < 4.78 is 5.57. The first-order chi connectivity index (χ1) is 4.66. The fraction of sp³-hybridized carbons (Fsp3) is 1.00. The second-order valence-corrected chi connectivity index (χ2v) is 3.86. The Bertz CT molecular complexity index is 128. The molecular formula is C8H14O2. The van der Waals surface area contributed by atoms with Gasteiger partial charge in [-0.3, -0.25) is 0 Å². The molecule has 0 aromatic carbocycles. The first-order valence-corrected chi connectivity index (χ1v) is 4.04. The Morgan fingerprint density at radius 1 is 1.30 bits per heavy atom. The van der Waals surface area contributed by atoms with Gasteiger partial charge in [0.25, 0.3) is 0 Å². The minimum Gasteiger partial charge on any atom is -0.390 e. The van der Waals surface area contributed by atoms with Gasteiger partial charge in [0.15, 0.2) is 0 Å². The fourth-order valence-corrected chi connectivity index (χ4v) is 2.14. The van der Waals surface area contributed by atoms with Gasteiger partial charge < -0.3 is 9.84 Å². The predicted molar refractivity (Wildman–Crippen MR) is 37.8 cm³/mol. The van der Waals surface area contributed by atoms with E-state index in [1.54, 1.807) is 0 Å². The van der Waals surface area contributed by atoms with Crippen LogP contribution in [0.5, 0.6) is 0 Å². The predicted octanol–water partition coefficient (Wildman–Crippen LogP) is 1.08. The fourth-order valence-electron chi connectivity index (χ4n) is 2.14. The topological polar surface area (TPSA) is 29.5 Å². The van der Waals surface area contributed by atoms with E-state index in [0.717, 1.165) is 25.7 Å². The zero-order valence-electron chi connectivity index (χ0n) is 6.34. The van der Waals surface area contributed by atoms with Gasteiger partial charge in [-0.2, -0.15) is 0 Å². The average Bonchev–Trinajstić information content (AvgIpc) is 2.08. The zero-order valence-corrected chi connectivity index (χ0v) is 6.34. The van der Waals surface area contributed by atoms with Crippen LogP contribution in [0.3, 0.4) is 0 Å². The highest BCUT2D eigenvalue weighted by Gasteiger charge is 2.40. The van der Waals surface area contributed by atoms with Crippen molar-refractivity contribution in [1.29, 1.82) is 0 Å². The third kappa shape index (κ3) is 1.06. The Hall–Kier alpha value is -0.0800. The van der Waals surface area contributed by atoms with Crippen LogP contribution in [0.2, 0.25) is 0 Å². The number of hydrogen-bond acceptors (Lipinski definition) is 2. The lowest BCUT2D eigenvalue weighted by Crippen LogP contribution is -2.38. The van der Waals surface area contributed by atoms with E-state index in [-0.39, 0.29) is 0 Å². The summed E-state index contributed by atoms with van der Waals surface area (Å²) >= 11 is 0. The molecule has 0 aromatic rings. The lowest BCUT2D eigenvalue weighted by atomic mass is 9.93. The number of rotatable bonds is 0. The van der Waals surface area contributed by atoms with Gasteiger partial charge in [-0.15, -0.1) is 0 Å². The Labute approximate surface area is 61.2 Å². The van der Waals surface area contributed by atoms with Crippen molar-refractivity contribution in [3.05, 3.63) is 0 Å². The van der Waals surface area contributed by atoms with Crippen molar-refractivity contribution in [2.24, 2.45) is 0 Å². The van der Waals surface area contributed by atoms with E-state index in [2.05, 4.69) is 0 Å². The van der Waals surface area contributed by atoms with Crippen LogP contribution in [0.25, 0.3) is 0 Å². The van der Waals surface area contributed by atoms with Gasteiger partial charge in [-0.25, -0.2) is 0 Å². The van der Waals surface area contributed by atoms with Crippen molar-refractivity contribution in [2.45, 2.75) is 50.4 Å². The molecule has 58 valence electrons. The average molecular weight is 142 g/mol. The van der Waals surface area contributed by atoms with Gasteiger partial charge in [0.1, 0.15) is 0 Å². The van der Waals surface area contributed by atoms with Crippen molar-refractivity contribution in [3.8, 4) is 0 Å². The second-order valence-electron chi connectivity index (χ2n) is 3.86. The van der Waals surface area contributed by atoms with Gasteiger partial charge in [-0.1, -0.05) is 0 Å². The number of fused-ring (bicyclic) bond motifs is 2. The Balaban J connectivity index is 2.09. The summed E-state index contributed by atoms with van der Waals surface area (Å²) in [5.41, 5.74) is -0.440. The van der Waals surface area contributed by atoms with Crippen LogP contribution >= 0.6 is 0 Å². The summed E-state index contributed by atoms with van der Waals surface area (Å²) in [4.78, 5) is 0. The molecule has 2 aliphatic rings. The molecule has 0 aromatic heterocycles. The molecule has 2 nitrogen and oxygen atoms in total. The molecule has 2 atom stereocenters. The van der Waals surface area contributed by atoms with Crippen molar-refractivity contribution in [1.82, 2.24) is 0 Å². The van der Waals surface area contributed by atoms with E-state index in [0.29, 0.717) is 12.2 Å². The molecule has 2 bridgehead atoms. The molecule has 2 aliphatic heterocycles. The van der Waals surface area contributed by atoms with Crippen LogP contribution in [0.1, 0.15) is 32.6 Å². The first-order valence-electron chi connectivity index (χ1n) is 4.04. The normalized spacial score (nSPS) is 53.4. The van der Waals surface area contributed by atoms with Crippen LogP contribution in [0.4, 0.5) is 0 Å². The molecule has 0 amide bonds. The van der Waals surface area contributed by atoms with Gasteiger partial charge in [0, 0.05) is 12.8 Å². The summed E-state index contributed by atoms with van der Waals surface area (Å²) in [7, 11) is 0. The largest absolute Gasteiger partial charge is 0.390 e. The monoisotopic (exact) mass is 142 g/mol. The van der Waals surface area contributed by atoms with E-state index in [1.165, 1.54) is 0 Å². The van der Waals surface area contributed by atoms with Crippen molar-refractivity contribution in [3.63, 3.8) is 0 Å². The van der Waals surface area contributed by atoms with E-state index in [9.17, 15) is 5.11 Å². The van der Waals surface area contributed by atoms with Crippen molar-refractivity contribution in [2.75, 3.05) is 0 Å². The maximum Gasteiger partial charge on any atom is 0.0669 e. The van der Waals surface area contributed by atoms with Gasteiger partial charge >= 0.3 is 0 Å². The summed E-state index contributed by atoms with van der Waals surface area (Å²) in [6.45, 7) is 1.92. The maximum absolute atomic E-state index is 9.68. The molecule has 10 heavy (non-hydrogen) atoms. The molecule has 0 aliphatic carbocycles. The van der Waals surface area contributed by atoms with E-state index < -0.39 is 5.60 Å². The third-order valence-electron chi connectivity index (χ3n) is 2.53. The standard InChI is InChI=1S/C8H14O2/c1-8(9)4-6-2-3-7(5-8)10-6/h6-7,9H,2-5H2,1H3. The molecule has 2 fully saturated rings. The van der Waals surface area contributed by atoms with Crippen LogP contribution < -0.4 is 0 Å². The number of ether oxygens (including phenoxy) is 1. The van der Waals surface area contributed by atoms with Crippen LogP contribution in [0.15, 0.2) is 0 Å². The smallest absolute Gasteiger partial charge is 0.0669 e. The molecule has 2 unspecified atom stereocenters. The minimum atomic E-state index is -0.440. The SMILES string of the molecule is CC1(O)CC2CCC(C1)O2. The van der Waals surface area contributed by atoms with Gasteiger partial charge in [-0.05, 0) is 19.8 Å². The summed E-state index contributed by atoms with van der Waals surface area (Å²) in [5.74, 6) is 0. The second kappa shape index (κ2) is 1.95. The van der Waals surface area contributed by atoms with E-state index >= 15 is 0 Å². The highest BCUT2D eigenvalue weighted by molar-refractivity contribution is 4.91. The lowest BCUT2D eigenvalue weighted by molar-refractivity contribution is -0.101. The Morgan fingerprint density at radius 3 is 2.30 bits per heavy atom. The van der Waals surface area contributed by atoms with E-state index in [4.69, 9.17) is 4.74 Å². The highest BCUT2D eigenvalue weighted by atomic mass is 16.5. The number of aliphatic hydroxyl groups is 1. The summed E-state index contributed by atoms with van der Waals surface area (Å²) in [5, 5.41) is 9.68. The van der Waals surface area contributed by atoms with Crippen LogP contribution in [-0.2, 0) is 4.74 Å². The molecule has 2 heterocycles. The third-order valence-corrected chi connectivity index (χ3v) is 2.53. The van der Waals surface area contributed by atoms with Crippen LogP contribution in [0, 0.1) is 0 Å². The van der Waals surface area contributed by atoms with Crippen molar-refractivity contribution >= 4 is 0 Å². The quantitative estimate of drug-likeness (QED) is 0.548. The Kier molecular flexibility index (Phi) is 1.29. The van der Waals surface area contributed by atoms with E-state index in [1.807, 2.05) is 6.92 Å². The van der Waals surface area contributed by atoms with Gasteiger partial charge in [0.2, 0.25) is 0 Å². The Morgan fingerprint density at radius 2 is 1.80 bits per heavy atom. The van der Waals surface area contributed by atoms with Crippen LogP contribution in [-0.4, -0.2) is 22.9 Å². The molecule has 2 rings (SSSR count). The molecule has 1 N–H and O–H groups in total. The molecule has 2 saturated heterocycles.